The van der Waals surface area contributed by atoms with Crippen molar-refractivity contribution in [2.45, 2.75) is 31.3 Å². The Labute approximate surface area is 240 Å². The zero-order chi connectivity index (χ0) is 26.7. The Bertz CT molecular complexity index is 1340. The minimum absolute atomic E-state index is 0.0122. The average Bonchev–Trinajstić information content (AvgIpc) is 3.86. The second-order valence-electron chi connectivity index (χ2n) is 9.42. The molecule has 2 aliphatic heterocycles. The van der Waals surface area contributed by atoms with Gasteiger partial charge in [-0.15, -0.1) is 0 Å². The van der Waals surface area contributed by atoms with E-state index in [9.17, 15) is 0 Å². The number of benzene rings is 2. The van der Waals surface area contributed by atoms with Crippen LogP contribution in [0.15, 0.2) is 115 Å². The van der Waals surface area contributed by atoms with Crippen molar-refractivity contribution in [2.75, 3.05) is 13.2 Å². The topological polar surface area (TPSA) is 43.5 Å². The third-order valence-corrected chi connectivity index (χ3v) is 8.01. The molecule has 3 atom stereocenters. The monoisotopic (exact) mass is 615 g/mol. The van der Waals surface area contributed by atoms with Crippen LogP contribution >= 0.6 is 22.4 Å². The Balaban J connectivity index is 1.65. The number of allylic oxidation sites excluding steroid dienone is 10. The molecule has 1 radical (unpaired) electrons. The molecule has 3 aliphatic rings. The summed E-state index contributed by atoms with van der Waals surface area (Å²) in [5, 5.41) is 0. The Hall–Kier alpha value is -2.74. The molecule has 0 saturated carbocycles. The van der Waals surface area contributed by atoms with E-state index in [-0.39, 0.29) is 16.8 Å². The molecule has 2 saturated heterocycles. The van der Waals surface area contributed by atoms with E-state index in [2.05, 4.69) is 90.2 Å². The second kappa shape index (κ2) is 11.6. The molecule has 38 heavy (non-hydrogen) atoms. The quantitative estimate of drug-likeness (QED) is 0.0872. The van der Waals surface area contributed by atoms with Crippen LogP contribution in [0.1, 0.15) is 30.5 Å². The van der Waals surface area contributed by atoms with E-state index in [0.29, 0.717) is 0 Å². The lowest BCUT2D eigenvalue weighted by Gasteiger charge is -2.35. The predicted octanol–water partition coefficient (Wildman–Crippen LogP) is 6.75. The lowest BCUT2D eigenvalue weighted by Crippen LogP contribution is -2.30. The maximum absolute atomic E-state index is 6.10. The summed E-state index contributed by atoms with van der Waals surface area (Å²) in [7, 11) is 1.74. The third-order valence-electron chi connectivity index (χ3n) is 6.96. The van der Waals surface area contributed by atoms with Crippen molar-refractivity contribution in [3.05, 3.63) is 132 Å². The Morgan fingerprint density at radius 1 is 1.11 bits per heavy atom. The summed E-state index contributed by atoms with van der Waals surface area (Å²) >= 11 is 2.29. The zero-order valence-corrected chi connectivity index (χ0v) is 23.9. The first-order chi connectivity index (χ1) is 18.5. The Kier molecular flexibility index (Phi) is 8.17. The van der Waals surface area contributed by atoms with Gasteiger partial charge in [0.2, 0.25) is 0 Å². The largest absolute Gasteiger partial charge is 0.560 e. The summed E-state index contributed by atoms with van der Waals surface area (Å²) in [5.74, 6) is 1.60. The molecule has 4 nitrogen and oxygen atoms in total. The molecule has 2 fully saturated rings. The van der Waals surface area contributed by atoms with Gasteiger partial charge in [-0.1, -0.05) is 102 Å². The van der Waals surface area contributed by atoms with Gasteiger partial charge in [-0.25, -0.2) is 0 Å². The van der Waals surface area contributed by atoms with Gasteiger partial charge in [0.15, 0.2) is 0 Å². The van der Waals surface area contributed by atoms with Crippen LogP contribution in [0.25, 0.3) is 5.57 Å². The van der Waals surface area contributed by atoms with Crippen LogP contribution in [0.5, 0.6) is 5.75 Å². The standard InChI is InChI=1S/C31H30B2IO4/c1-5-10-27-25(7-3)26-11-8-9-12-28(26)31(27,23-15-17-24(18-16-23)37-32-29-19-35-29)22(6-2)14-13-21(4)38-33(34)30-20-36-30/h5-18,29-30H,2-3,19-20H2,1,4H3/b10-5-,21-13+,22-14+. The summed E-state index contributed by atoms with van der Waals surface area (Å²) in [4.78, 5) is 0. The zero-order valence-electron chi connectivity index (χ0n) is 21.7. The third kappa shape index (κ3) is 5.24. The number of fused-ring (bicyclic) bond motifs is 1. The van der Waals surface area contributed by atoms with Gasteiger partial charge < -0.3 is 18.8 Å². The van der Waals surface area contributed by atoms with Crippen molar-refractivity contribution in [3.63, 3.8) is 0 Å². The van der Waals surface area contributed by atoms with E-state index < -0.39 is 5.41 Å². The normalized spacial score (nSPS) is 24.2. The number of hydrogen-bond donors (Lipinski definition) is 0. The summed E-state index contributed by atoms with van der Waals surface area (Å²) < 4.78 is 22.5. The SMILES string of the molecule is C=CC1=C(/C=C\C)C(/C(C=C)=C/C=C(\C)OB(I)C2CO2)(c2ccc(O[B]C3CO3)cc2)c2ccccc21. The van der Waals surface area contributed by atoms with Crippen LogP contribution in [-0.4, -0.2) is 37.5 Å². The molecular formula is C31H30B2IO4. The molecule has 3 unspecified atom stereocenters. The Morgan fingerprint density at radius 3 is 2.47 bits per heavy atom. The van der Waals surface area contributed by atoms with E-state index >= 15 is 0 Å². The van der Waals surface area contributed by atoms with Crippen LogP contribution in [0.3, 0.4) is 0 Å². The summed E-state index contributed by atoms with van der Waals surface area (Å²) in [5.41, 5.74) is 6.17. The molecular weight excluding hydrogens is 585 g/mol. The van der Waals surface area contributed by atoms with Crippen molar-refractivity contribution in [3.8, 4) is 5.75 Å². The molecule has 1 aliphatic carbocycles. The van der Waals surface area contributed by atoms with Crippen molar-refractivity contribution >= 4 is 40.2 Å². The molecule has 0 spiro atoms. The molecule has 2 aromatic carbocycles. The molecule has 0 aromatic heterocycles. The van der Waals surface area contributed by atoms with Crippen LogP contribution < -0.4 is 4.65 Å². The van der Waals surface area contributed by atoms with Gasteiger partial charge in [-0.3, -0.25) is 0 Å². The van der Waals surface area contributed by atoms with Crippen molar-refractivity contribution in [2.24, 2.45) is 0 Å². The van der Waals surface area contributed by atoms with Crippen LogP contribution in [0, 0.1) is 0 Å². The molecule has 5 rings (SSSR count). The van der Waals surface area contributed by atoms with Crippen molar-refractivity contribution in [1.82, 2.24) is 0 Å². The van der Waals surface area contributed by atoms with Gasteiger partial charge in [0.25, 0.3) is 0 Å². The number of epoxide rings is 2. The van der Waals surface area contributed by atoms with Crippen LogP contribution in [0.4, 0.5) is 0 Å². The van der Waals surface area contributed by atoms with Gasteiger partial charge >= 0.3 is 12.3 Å². The first-order valence-electron chi connectivity index (χ1n) is 12.8. The van der Waals surface area contributed by atoms with E-state index in [1.165, 1.54) is 5.56 Å². The number of halogens is 1. The number of rotatable bonds is 12. The molecule has 7 heteroatoms. The fourth-order valence-corrected chi connectivity index (χ4v) is 5.87. The summed E-state index contributed by atoms with van der Waals surface area (Å²) in [6.45, 7) is 14.0. The minimum atomic E-state index is -0.601. The summed E-state index contributed by atoms with van der Waals surface area (Å²) in [6, 6.07) is 17.1. The van der Waals surface area contributed by atoms with Gasteiger partial charge in [-0.2, -0.15) is 0 Å². The molecule has 0 N–H and O–H groups in total. The lowest BCUT2D eigenvalue weighted by molar-refractivity contribution is 0.403. The van der Waals surface area contributed by atoms with Crippen LogP contribution in [-0.2, 0) is 19.5 Å². The highest BCUT2D eigenvalue weighted by Crippen LogP contribution is 2.56. The van der Waals surface area contributed by atoms with E-state index in [0.717, 1.165) is 52.6 Å². The van der Waals surface area contributed by atoms with E-state index in [1.807, 2.05) is 44.2 Å². The Morgan fingerprint density at radius 2 is 1.84 bits per heavy atom. The fourth-order valence-electron chi connectivity index (χ4n) is 5.05. The molecule has 0 amide bonds. The first-order valence-corrected chi connectivity index (χ1v) is 14.0. The highest BCUT2D eigenvalue weighted by atomic mass is 127. The summed E-state index contributed by atoms with van der Waals surface area (Å²) in [6.07, 6.45) is 12.3. The van der Waals surface area contributed by atoms with Gasteiger partial charge in [0.1, 0.15) is 6.00 Å². The number of hydrogen-bond acceptors (Lipinski definition) is 4. The predicted molar refractivity (Wildman–Crippen MR) is 164 cm³/mol. The maximum atomic E-state index is 6.10. The van der Waals surface area contributed by atoms with E-state index in [4.69, 9.17) is 18.8 Å². The van der Waals surface area contributed by atoms with Crippen LogP contribution in [0.2, 0.25) is 0 Å². The lowest BCUT2D eigenvalue weighted by atomic mass is 9.66. The van der Waals surface area contributed by atoms with Gasteiger partial charge in [-0.05, 0) is 65.5 Å². The van der Waals surface area contributed by atoms with Gasteiger partial charge in [0.05, 0.1) is 36.1 Å². The van der Waals surface area contributed by atoms with Gasteiger partial charge in [0, 0.05) is 0 Å². The second-order valence-corrected chi connectivity index (χ2v) is 10.6. The minimum Gasteiger partial charge on any atom is -0.560 e. The highest BCUT2D eigenvalue weighted by molar-refractivity contribution is 14.1. The molecule has 2 aromatic rings. The smallest absolute Gasteiger partial charge is 0.461 e. The van der Waals surface area contributed by atoms with Crippen molar-refractivity contribution in [1.29, 1.82) is 0 Å². The van der Waals surface area contributed by atoms with Crippen molar-refractivity contribution < 1.29 is 18.8 Å². The van der Waals surface area contributed by atoms with E-state index in [1.54, 1.807) is 7.48 Å². The maximum Gasteiger partial charge on any atom is 0.461 e. The highest BCUT2D eigenvalue weighted by Gasteiger charge is 2.46. The average molecular weight is 615 g/mol. The molecule has 191 valence electrons. The molecule has 0 bridgehead atoms. The fraction of sp³-hybridized carbons (Fsp3) is 0.226. The first kappa shape index (κ1) is 26.9. The molecule has 2 heterocycles. The number of ether oxygens (including phenoxy) is 2.